The lowest BCUT2D eigenvalue weighted by Gasteiger charge is -2.30. The van der Waals surface area contributed by atoms with Gasteiger partial charge in [0.1, 0.15) is 5.56 Å². The van der Waals surface area contributed by atoms with Crippen LogP contribution in [-0.2, 0) is 4.79 Å². The number of fused-ring (bicyclic) bond motifs is 1. The zero-order valence-corrected chi connectivity index (χ0v) is 13.5. The molecular formula is C16H20N4O3. The normalized spacial score (nSPS) is 18.4. The Labute approximate surface area is 133 Å². The monoisotopic (exact) mass is 316 g/mol. The van der Waals surface area contributed by atoms with Gasteiger partial charge in [0.2, 0.25) is 0 Å². The standard InChI is InChI=1S/C16H20N4O3/c1-9-7-10(2)20-14(17-9)13(11(3)18-20)15(21)19-6-4-5-12(8-19)16(22)23/h7,12H,4-6,8H2,1-3H3,(H,22,23)/t12-/m0/s1. The Kier molecular flexibility index (Phi) is 3.79. The molecule has 2 aromatic rings. The van der Waals surface area contributed by atoms with Crippen LogP contribution >= 0.6 is 0 Å². The van der Waals surface area contributed by atoms with E-state index in [1.54, 1.807) is 16.3 Å². The van der Waals surface area contributed by atoms with Gasteiger partial charge in [-0.3, -0.25) is 9.59 Å². The zero-order chi connectivity index (χ0) is 16.7. The van der Waals surface area contributed by atoms with Crippen molar-refractivity contribution in [3.8, 4) is 0 Å². The van der Waals surface area contributed by atoms with Crippen LogP contribution in [0.15, 0.2) is 6.07 Å². The van der Waals surface area contributed by atoms with Crippen molar-refractivity contribution in [2.24, 2.45) is 5.92 Å². The summed E-state index contributed by atoms with van der Waals surface area (Å²) in [7, 11) is 0. The molecule has 2 aromatic heterocycles. The maximum atomic E-state index is 12.9. The van der Waals surface area contributed by atoms with E-state index in [1.807, 2.05) is 19.9 Å². The molecule has 0 unspecified atom stereocenters. The number of carbonyl (C=O) groups excluding carboxylic acids is 1. The molecule has 122 valence electrons. The SMILES string of the molecule is Cc1cc(C)n2nc(C)c(C(=O)N3CCC[C@H](C(=O)O)C3)c2n1. The first-order valence-electron chi connectivity index (χ1n) is 7.74. The molecular weight excluding hydrogens is 296 g/mol. The second-order valence-corrected chi connectivity index (χ2v) is 6.16. The predicted molar refractivity (Wildman–Crippen MR) is 83.5 cm³/mol. The van der Waals surface area contributed by atoms with E-state index in [2.05, 4.69) is 10.1 Å². The minimum atomic E-state index is -0.844. The highest BCUT2D eigenvalue weighted by atomic mass is 16.4. The molecule has 7 nitrogen and oxygen atoms in total. The van der Waals surface area contributed by atoms with E-state index in [1.165, 1.54) is 0 Å². The van der Waals surface area contributed by atoms with Gasteiger partial charge >= 0.3 is 5.97 Å². The van der Waals surface area contributed by atoms with Gasteiger partial charge in [-0.25, -0.2) is 9.50 Å². The van der Waals surface area contributed by atoms with Crippen LogP contribution in [0, 0.1) is 26.7 Å². The largest absolute Gasteiger partial charge is 0.481 e. The average Bonchev–Trinajstić information content (AvgIpc) is 2.83. The molecule has 0 spiro atoms. The van der Waals surface area contributed by atoms with Crippen molar-refractivity contribution in [3.63, 3.8) is 0 Å². The third kappa shape index (κ3) is 2.67. The first-order chi connectivity index (χ1) is 10.9. The van der Waals surface area contributed by atoms with E-state index in [9.17, 15) is 14.7 Å². The van der Waals surface area contributed by atoms with Crippen molar-refractivity contribution in [1.29, 1.82) is 0 Å². The fraction of sp³-hybridized carbons (Fsp3) is 0.500. The molecule has 0 radical (unpaired) electrons. The Bertz CT molecular complexity index is 796. The number of amides is 1. The molecule has 0 aromatic carbocycles. The predicted octanol–water partition coefficient (Wildman–Crippen LogP) is 1.59. The number of hydrogen-bond acceptors (Lipinski definition) is 4. The summed E-state index contributed by atoms with van der Waals surface area (Å²) in [6, 6.07) is 1.91. The molecule has 0 saturated carbocycles. The molecule has 3 rings (SSSR count). The Morgan fingerprint density at radius 3 is 2.74 bits per heavy atom. The summed E-state index contributed by atoms with van der Waals surface area (Å²) in [6.07, 6.45) is 1.32. The highest BCUT2D eigenvalue weighted by Crippen LogP contribution is 2.22. The summed E-state index contributed by atoms with van der Waals surface area (Å²) >= 11 is 0. The van der Waals surface area contributed by atoms with Crippen molar-refractivity contribution >= 4 is 17.5 Å². The third-order valence-electron chi connectivity index (χ3n) is 4.34. The molecule has 0 bridgehead atoms. The Morgan fingerprint density at radius 1 is 1.30 bits per heavy atom. The van der Waals surface area contributed by atoms with E-state index >= 15 is 0 Å². The van der Waals surface area contributed by atoms with Crippen LogP contribution in [0.25, 0.3) is 5.65 Å². The molecule has 23 heavy (non-hydrogen) atoms. The lowest BCUT2D eigenvalue weighted by Crippen LogP contribution is -2.42. The lowest BCUT2D eigenvalue weighted by molar-refractivity contribution is -0.143. The smallest absolute Gasteiger partial charge is 0.308 e. The summed E-state index contributed by atoms with van der Waals surface area (Å²) in [5.41, 5.74) is 3.38. The van der Waals surface area contributed by atoms with Crippen molar-refractivity contribution < 1.29 is 14.7 Å². The highest BCUT2D eigenvalue weighted by molar-refractivity contribution is 6.01. The third-order valence-corrected chi connectivity index (χ3v) is 4.34. The second-order valence-electron chi connectivity index (χ2n) is 6.16. The molecule has 0 aliphatic carbocycles. The van der Waals surface area contributed by atoms with Crippen LogP contribution in [-0.4, -0.2) is 49.6 Å². The van der Waals surface area contributed by atoms with Crippen LogP contribution in [0.1, 0.15) is 40.3 Å². The Balaban J connectivity index is 2.01. The molecule has 1 N–H and O–H groups in total. The molecule has 1 amide bonds. The van der Waals surface area contributed by atoms with Crippen LogP contribution in [0.4, 0.5) is 0 Å². The maximum absolute atomic E-state index is 12.9. The molecule has 1 aliphatic heterocycles. The highest BCUT2D eigenvalue weighted by Gasteiger charge is 2.31. The fourth-order valence-electron chi connectivity index (χ4n) is 3.20. The van der Waals surface area contributed by atoms with Gasteiger partial charge < -0.3 is 10.0 Å². The number of aromatic nitrogens is 3. The van der Waals surface area contributed by atoms with Gasteiger partial charge in [0.15, 0.2) is 5.65 Å². The number of piperidine rings is 1. The average molecular weight is 316 g/mol. The van der Waals surface area contributed by atoms with Crippen LogP contribution < -0.4 is 0 Å². The number of likely N-dealkylation sites (tertiary alicyclic amines) is 1. The summed E-state index contributed by atoms with van der Waals surface area (Å²) in [4.78, 5) is 30.2. The Morgan fingerprint density at radius 2 is 2.04 bits per heavy atom. The minimum absolute atomic E-state index is 0.180. The molecule has 1 fully saturated rings. The second kappa shape index (κ2) is 5.64. The number of carboxylic acid groups (broad SMARTS) is 1. The van der Waals surface area contributed by atoms with Crippen molar-refractivity contribution in [1.82, 2.24) is 19.5 Å². The fourth-order valence-corrected chi connectivity index (χ4v) is 3.20. The first kappa shape index (κ1) is 15.5. The molecule has 1 aliphatic rings. The maximum Gasteiger partial charge on any atom is 0.308 e. The van der Waals surface area contributed by atoms with Crippen LogP contribution in [0.3, 0.4) is 0 Å². The summed E-state index contributed by atoms with van der Waals surface area (Å²) in [5, 5.41) is 13.6. The molecule has 3 heterocycles. The van der Waals surface area contributed by atoms with Crippen molar-refractivity contribution in [2.45, 2.75) is 33.6 Å². The topological polar surface area (TPSA) is 87.8 Å². The molecule has 1 atom stereocenters. The van der Waals surface area contributed by atoms with Gasteiger partial charge in [-0.05, 0) is 39.7 Å². The number of rotatable bonds is 2. The number of nitrogens with zero attached hydrogens (tertiary/aromatic N) is 4. The van der Waals surface area contributed by atoms with E-state index in [-0.39, 0.29) is 12.5 Å². The van der Waals surface area contributed by atoms with E-state index in [0.29, 0.717) is 36.3 Å². The van der Waals surface area contributed by atoms with Crippen LogP contribution in [0.2, 0.25) is 0 Å². The van der Waals surface area contributed by atoms with Gasteiger partial charge in [0.05, 0.1) is 11.6 Å². The van der Waals surface area contributed by atoms with E-state index in [0.717, 1.165) is 11.4 Å². The summed E-state index contributed by atoms with van der Waals surface area (Å²) in [5.74, 6) is -1.52. The molecule has 1 saturated heterocycles. The zero-order valence-electron chi connectivity index (χ0n) is 13.5. The van der Waals surface area contributed by atoms with Crippen molar-refractivity contribution in [3.05, 3.63) is 28.7 Å². The Hall–Kier alpha value is -2.44. The number of aryl methyl sites for hydroxylation is 3. The minimum Gasteiger partial charge on any atom is -0.481 e. The van der Waals surface area contributed by atoms with Gasteiger partial charge in [-0.15, -0.1) is 0 Å². The van der Waals surface area contributed by atoms with Crippen molar-refractivity contribution in [2.75, 3.05) is 13.1 Å². The van der Waals surface area contributed by atoms with E-state index < -0.39 is 11.9 Å². The summed E-state index contributed by atoms with van der Waals surface area (Å²) < 4.78 is 1.67. The van der Waals surface area contributed by atoms with Crippen LogP contribution in [0.5, 0.6) is 0 Å². The van der Waals surface area contributed by atoms with Gasteiger partial charge in [-0.2, -0.15) is 5.10 Å². The number of carboxylic acids is 1. The lowest BCUT2D eigenvalue weighted by atomic mass is 9.97. The summed E-state index contributed by atoms with van der Waals surface area (Å²) in [6.45, 7) is 6.41. The number of carbonyl (C=O) groups is 2. The van der Waals surface area contributed by atoms with Gasteiger partial charge in [-0.1, -0.05) is 0 Å². The number of aliphatic carboxylic acids is 1. The van der Waals surface area contributed by atoms with E-state index in [4.69, 9.17) is 0 Å². The van der Waals surface area contributed by atoms with Gasteiger partial charge in [0.25, 0.3) is 5.91 Å². The quantitative estimate of drug-likeness (QED) is 0.909. The van der Waals surface area contributed by atoms with Gasteiger partial charge in [0, 0.05) is 24.5 Å². The first-order valence-corrected chi connectivity index (χ1v) is 7.74. The molecule has 7 heteroatoms. The number of hydrogen-bond donors (Lipinski definition) is 1.